The monoisotopic (exact) mass is 447 g/mol. The van der Waals surface area contributed by atoms with E-state index in [-0.39, 0.29) is 45.7 Å². The highest BCUT2D eigenvalue weighted by Gasteiger charge is 2.49. The van der Waals surface area contributed by atoms with Crippen molar-refractivity contribution in [2.24, 2.45) is 0 Å². The van der Waals surface area contributed by atoms with Gasteiger partial charge in [-0.25, -0.2) is 0 Å². The second-order valence-corrected chi connectivity index (χ2v) is 15.1. The molecule has 0 heterocycles. The molecule has 2 aromatic rings. The van der Waals surface area contributed by atoms with Gasteiger partial charge in [0.25, 0.3) is 0 Å². The molecule has 164 valence electrons. The number of terminal acetylenes is 1. The lowest BCUT2D eigenvalue weighted by Gasteiger charge is -2.44. The van der Waals surface area contributed by atoms with E-state index in [1.54, 1.807) is 24.3 Å². The van der Waals surface area contributed by atoms with Gasteiger partial charge in [-0.05, 0) is 11.1 Å². The molecule has 0 aliphatic heterocycles. The molecule has 7 heteroatoms. The molecular weight excluding hydrogens is 422 g/mol. The molecule has 2 atom stereocenters. The summed E-state index contributed by atoms with van der Waals surface area (Å²) in [6, 6.07) is 6.51. The Hall–Kier alpha value is -3.37. The van der Waals surface area contributed by atoms with Crippen LogP contribution in [0.2, 0.25) is 19.6 Å². The minimum absolute atomic E-state index is 0.00470. The minimum atomic E-state index is -2.07. The standard InChI is InChI=1S/C25H25NO5Si/c1-6-25(31-13(2)27)11-16-18(17(12-25)32(3,4)5)24(30)20-19(21(16)26)22(28)14-9-7-8-10-15(14)23(20)29/h1,7-10,17,30H,11-12,26H2,2-5H3/t17-,25-/m1/s1. The van der Waals surface area contributed by atoms with Crippen molar-refractivity contribution in [3.63, 3.8) is 0 Å². The summed E-state index contributed by atoms with van der Waals surface area (Å²) < 4.78 is 5.61. The third-order valence-electron chi connectivity index (χ3n) is 6.52. The zero-order valence-corrected chi connectivity index (χ0v) is 19.5. The van der Waals surface area contributed by atoms with E-state index in [0.29, 0.717) is 17.5 Å². The van der Waals surface area contributed by atoms with Gasteiger partial charge in [0, 0.05) is 42.1 Å². The summed E-state index contributed by atoms with van der Waals surface area (Å²) in [5, 5.41) is 11.4. The highest BCUT2D eigenvalue weighted by atomic mass is 28.3. The van der Waals surface area contributed by atoms with Gasteiger partial charge < -0.3 is 15.6 Å². The second kappa shape index (κ2) is 7.07. The third kappa shape index (κ3) is 3.06. The molecule has 6 nitrogen and oxygen atoms in total. The molecular formula is C25H25NO5Si. The van der Waals surface area contributed by atoms with Gasteiger partial charge in [0.15, 0.2) is 17.2 Å². The Morgan fingerprint density at radius 2 is 1.75 bits per heavy atom. The van der Waals surface area contributed by atoms with Crippen LogP contribution in [0.15, 0.2) is 24.3 Å². The minimum Gasteiger partial charge on any atom is -0.507 e. The van der Waals surface area contributed by atoms with Gasteiger partial charge in [-0.15, -0.1) is 6.42 Å². The molecule has 2 aliphatic carbocycles. The first-order valence-corrected chi connectivity index (χ1v) is 14.0. The summed E-state index contributed by atoms with van der Waals surface area (Å²) in [5.41, 5.74) is 6.66. The molecule has 2 aliphatic rings. The second-order valence-electron chi connectivity index (χ2n) is 9.64. The van der Waals surface area contributed by atoms with Crippen molar-refractivity contribution in [1.29, 1.82) is 0 Å². The average Bonchev–Trinajstić information content (AvgIpc) is 2.73. The van der Waals surface area contributed by atoms with E-state index in [0.717, 1.165) is 0 Å². The first-order valence-electron chi connectivity index (χ1n) is 10.4. The van der Waals surface area contributed by atoms with Crippen LogP contribution in [0.5, 0.6) is 5.75 Å². The number of carbonyl (C=O) groups is 3. The molecule has 3 N–H and O–H groups in total. The van der Waals surface area contributed by atoms with Crippen LogP contribution in [0.4, 0.5) is 5.69 Å². The van der Waals surface area contributed by atoms with Gasteiger partial charge in [-0.1, -0.05) is 49.8 Å². The number of carbonyl (C=O) groups excluding carboxylic acids is 3. The number of ether oxygens (including phenoxy) is 1. The number of nitrogen functional groups attached to an aromatic ring is 1. The quantitative estimate of drug-likeness (QED) is 0.204. The molecule has 0 saturated carbocycles. The van der Waals surface area contributed by atoms with Crippen LogP contribution in [0.25, 0.3) is 0 Å². The summed E-state index contributed by atoms with van der Waals surface area (Å²) >= 11 is 0. The van der Waals surface area contributed by atoms with E-state index in [9.17, 15) is 19.5 Å². The molecule has 0 radical (unpaired) electrons. The molecule has 0 amide bonds. The number of hydrogen-bond donors (Lipinski definition) is 2. The molecule has 0 fully saturated rings. The predicted molar refractivity (Wildman–Crippen MR) is 124 cm³/mol. The molecule has 0 bridgehead atoms. The van der Waals surface area contributed by atoms with Crippen LogP contribution in [-0.4, -0.2) is 36.3 Å². The van der Waals surface area contributed by atoms with Gasteiger partial charge >= 0.3 is 5.97 Å². The lowest BCUT2D eigenvalue weighted by Crippen LogP contribution is -2.47. The fourth-order valence-corrected chi connectivity index (χ4v) is 7.14. The van der Waals surface area contributed by atoms with Gasteiger partial charge in [-0.2, -0.15) is 0 Å². The summed E-state index contributed by atoms with van der Waals surface area (Å²) in [4.78, 5) is 38.6. The van der Waals surface area contributed by atoms with E-state index in [4.69, 9.17) is 16.9 Å². The number of anilines is 1. The molecule has 0 saturated heterocycles. The maximum absolute atomic E-state index is 13.3. The maximum atomic E-state index is 13.3. The Kier molecular flexibility index (Phi) is 4.83. The Labute approximate surface area is 187 Å². The number of benzene rings is 2. The van der Waals surface area contributed by atoms with E-state index in [2.05, 4.69) is 25.6 Å². The predicted octanol–water partition coefficient (Wildman–Crippen LogP) is 3.59. The number of nitrogens with two attached hydrogens (primary N) is 1. The molecule has 32 heavy (non-hydrogen) atoms. The summed E-state index contributed by atoms with van der Waals surface area (Å²) in [6.45, 7) is 7.63. The lowest BCUT2D eigenvalue weighted by molar-refractivity contribution is -0.152. The van der Waals surface area contributed by atoms with Crippen LogP contribution in [-0.2, 0) is 16.0 Å². The lowest BCUT2D eigenvalue weighted by atomic mass is 9.73. The summed E-state index contributed by atoms with van der Waals surface area (Å²) in [7, 11) is -2.07. The van der Waals surface area contributed by atoms with Crippen LogP contribution in [0.3, 0.4) is 0 Å². The smallest absolute Gasteiger partial charge is 0.304 e. The van der Waals surface area contributed by atoms with Gasteiger partial charge in [0.05, 0.1) is 19.2 Å². The zero-order valence-electron chi connectivity index (χ0n) is 18.5. The Bertz CT molecular complexity index is 1250. The van der Waals surface area contributed by atoms with E-state index in [1.165, 1.54) is 6.92 Å². The van der Waals surface area contributed by atoms with Crippen molar-refractivity contribution in [2.75, 3.05) is 5.73 Å². The van der Waals surface area contributed by atoms with E-state index < -0.39 is 31.2 Å². The first kappa shape index (κ1) is 21.8. The van der Waals surface area contributed by atoms with Gasteiger partial charge in [0.1, 0.15) is 5.75 Å². The highest BCUT2D eigenvalue weighted by molar-refractivity contribution is 6.77. The SMILES string of the molecule is C#C[C@@]1(OC(C)=O)Cc2c(N)c3c(c(O)c2[C@H]([Si](C)(C)C)C1)C(=O)c1ccccc1C3=O. The number of phenols is 1. The van der Waals surface area contributed by atoms with Crippen molar-refractivity contribution in [3.05, 3.63) is 57.6 Å². The Balaban J connectivity index is 2.06. The van der Waals surface area contributed by atoms with Crippen molar-refractivity contribution in [3.8, 4) is 18.1 Å². The summed E-state index contributed by atoms with van der Waals surface area (Å²) in [6.07, 6.45) is 6.23. The van der Waals surface area contributed by atoms with Crippen molar-refractivity contribution in [2.45, 2.75) is 50.5 Å². The van der Waals surface area contributed by atoms with Crippen LogP contribution in [0.1, 0.15) is 61.9 Å². The molecule has 2 aromatic carbocycles. The van der Waals surface area contributed by atoms with Gasteiger partial charge in [-0.3, -0.25) is 14.4 Å². The average molecular weight is 448 g/mol. The first-order chi connectivity index (χ1) is 14.9. The molecule has 0 aromatic heterocycles. The van der Waals surface area contributed by atoms with Crippen LogP contribution < -0.4 is 5.73 Å². The fourth-order valence-electron chi connectivity index (χ4n) is 5.02. The van der Waals surface area contributed by atoms with Crippen LogP contribution in [0, 0.1) is 12.3 Å². The normalized spacial score (nSPS) is 21.8. The Morgan fingerprint density at radius 1 is 1.19 bits per heavy atom. The third-order valence-corrected chi connectivity index (χ3v) is 9.11. The molecule has 0 unspecified atom stereocenters. The topological polar surface area (TPSA) is 107 Å². The fraction of sp³-hybridized carbons (Fsp3) is 0.320. The summed E-state index contributed by atoms with van der Waals surface area (Å²) in [5.74, 6) is 1.08. The number of esters is 1. The van der Waals surface area contributed by atoms with E-state index >= 15 is 0 Å². The van der Waals surface area contributed by atoms with Crippen molar-refractivity contribution < 1.29 is 24.2 Å². The zero-order chi connectivity index (χ0) is 23.6. The molecule has 0 spiro atoms. The number of fused-ring (bicyclic) bond motifs is 3. The number of aromatic hydroxyl groups is 1. The number of phenolic OH excluding ortho intramolecular Hbond substituents is 1. The number of hydrogen-bond acceptors (Lipinski definition) is 6. The van der Waals surface area contributed by atoms with Crippen LogP contribution >= 0.6 is 0 Å². The van der Waals surface area contributed by atoms with Crippen molar-refractivity contribution >= 4 is 31.3 Å². The molecule has 4 rings (SSSR count). The largest absolute Gasteiger partial charge is 0.507 e. The number of rotatable bonds is 2. The highest BCUT2D eigenvalue weighted by Crippen LogP contribution is 2.52. The van der Waals surface area contributed by atoms with Gasteiger partial charge in [0.2, 0.25) is 0 Å². The van der Waals surface area contributed by atoms with Crippen molar-refractivity contribution in [1.82, 2.24) is 0 Å². The Morgan fingerprint density at radius 3 is 2.25 bits per heavy atom. The van der Waals surface area contributed by atoms with E-state index in [1.807, 2.05) is 0 Å². The maximum Gasteiger partial charge on any atom is 0.304 e. The number of ketones is 2.